The summed E-state index contributed by atoms with van der Waals surface area (Å²) in [6.07, 6.45) is 0.813. The Bertz CT molecular complexity index is 264. The van der Waals surface area contributed by atoms with Crippen LogP contribution < -0.4 is 5.46 Å². The Morgan fingerprint density at radius 3 is 2.23 bits per heavy atom. The summed E-state index contributed by atoms with van der Waals surface area (Å²) in [5.41, 5.74) is 2.14. The van der Waals surface area contributed by atoms with Crippen molar-refractivity contribution >= 4 is 12.6 Å². The van der Waals surface area contributed by atoms with Crippen LogP contribution in [0.15, 0.2) is 18.2 Å². The zero-order chi connectivity index (χ0) is 9.84. The highest BCUT2D eigenvalue weighted by Gasteiger charge is 2.12. The van der Waals surface area contributed by atoms with E-state index in [2.05, 4.69) is 0 Å². The summed E-state index contributed by atoms with van der Waals surface area (Å²) in [7, 11) is -1.46. The number of rotatable bonds is 3. The molecule has 0 fully saturated rings. The second-order valence-electron chi connectivity index (χ2n) is 2.97. The predicted octanol–water partition coefficient (Wildman–Crippen LogP) is -0.579. The Hall–Kier alpha value is -0.835. The molecule has 70 valence electrons. The minimum Gasteiger partial charge on any atom is -0.423 e. The zero-order valence-electron chi connectivity index (χ0n) is 7.57. The van der Waals surface area contributed by atoms with Gasteiger partial charge in [-0.2, -0.15) is 0 Å². The largest absolute Gasteiger partial charge is 0.488 e. The molecular weight excluding hydrogens is 167 g/mol. The molecule has 0 amide bonds. The molecule has 0 saturated carbocycles. The van der Waals surface area contributed by atoms with Gasteiger partial charge in [0.05, 0.1) is 6.61 Å². The first-order valence-corrected chi connectivity index (χ1v) is 4.27. The normalized spacial score (nSPS) is 10.2. The Labute approximate surface area is 77.8 Å². The van der Waals surface area contributed by atoms with E-state index in [0.29, 0.717) is 11.0 Å². The Balaban J connectivity index is 3.07. The third-order valence-corrected chi connectivity index (χ3v) is 1.96. The van der Waals surface area contributed by atoms with E-state index >= 15 is 0 Å². The molecule has 1 aromatic rings. The second-order valence-corrected chi connectivity index (χ2v) is 2.97. The summed E-state index contributed by atoms with van der Waals surface area (Å²) in [6.45, 7) is 1.90. The molecule has 0 bridgehead atoms. The molecule has 0 aliphatic rings. The quantitative estimate of drug-likeness (QED) is 0.545. The first-order valence-electron chi connectivity index (χ1n) is 4.27. The summed E-state index contributed by atoms with van der Waals surface area (Å²) < 4.78 is 0. The van der Waals surface area contributed by atoms with Gasteiger partial charge in [-0.1, -0.05) is 25.1 Å². The Morgan fingerprint density at radius 2 is 1.77 bits per heavy atom. The molecule has 1 aromatic carbocycles. The third-order valence-electron chi connectivity index (χ3n) is 1.96. The highest BCUT2D eigenvalue weighted by molar-refractivity contribution is 6.58. The molecule has 3 N–H and O–H groups in total. The van der Waals surface area contributed by atoms with Gasteiger partial charge in [-0.3, -0.25) is 0 Å². The van der Waals surface area contributed by atoms with Crippen LogP contribution >= 0.6 is 0 Å². The Morgan fingerprint density at radius 1 is 1.15 bits per heavy atom. The van der Waals surface area contributed by atoms with Gasteiger partial charge in [-0.05, 0) is 23.0 Å². The van der Waals surface area contributed by atoms with E-state index in [4.69, 9.17) is 15.2 Å². The van der Waals surface area contributed by atoms with Gasteiger partial charge in [-0.15, -0.1) is 0 Å². The van der Waals surface area contributed by atoms with Gasteiger partial charge < -0.3 is 15.2 Å². The van der Waals surface area contributed by atoms with E-state index in [9.17, 15) is 0 Å². The van der Waals surface area contributed by atoms with Crippen molar-refractivity contribution in [2.75, 3.05) is 0 Å². The van der Waals surface area contributed by atoms with E-state index in [1.54, 1.807) is 12.1 Å². The number of hydrogen-bond donors (Lipinski definition) is 3. The third kappa shape index (κ3) is 2.55. The highest BCUT2D eigenvalue weighted by atomic mass is 16.4. The summed E-state index contributed by atoms with van der Waals surface area (Å²) in [5, 5.41) is 26.8. The van der Waals surface area contributed by atoms with Crippen LogP contribution in [0, 0.1) is 0 Å². The van der Waals surface area contributed by atoms with Crippen molar-refractivity contribution in [3.63, 3.8) is 0 Å². The maximum atomic E-state index is 8.94. The molecular formula is C9H13BO3. The number of aliphatic hydroxyl groups excluding tert-OH is 1. The van der Waals surface area contributed by atoms with Crippen LogP contribution in [0.1, 0.15) is 18.1 Å². The molecule has 0 aliphatic heterocycles. The van der Waals surface area contributed by atoms with Gasteiger partial charge in [0.2, 0.25) is 0 Å². The predicted molar refractivity (Wildman–Crippen MR) is 51.6 cm³/mol. The molecule has 0 aliphatic carbocycles. The van der Waals surface area contributed by atoms with Crippen molar-refractivity contribution in [3.05, 3.63) is 29.3 Å². The van der Waals surface area contributed by atoms with E-state index in [-0.39, 0.29) is 6.61 Å². The lowest BCUT2D eigenvalue weighted by Gasteiger charge is -2.05. The fraction of sp³-hybridized carbons (Fsp3) is 0.333. The number of hydrogen-bond acceptors (Lipinski definition) is 3. The van der Waals surface area contributed by atoms with Crippen LogP contribution in [0.5, 0.6) is 0 Å². The minimum absolute atomic E-state index is 0.0758. The lowest BCUT2D eigenvalue weighted by atomic mass is 9.78. The molecule has 13 heavy (non-hydrogen) atoms. The van der Waals surface area contributed by atoms with E-state index in [1.807, 2.05) is 13.0 Å². The fourth-order valence-corrected chi connectivity index (χ4v) is 1.24. The number of benzene rings is 1. The van der Waals surface area contributed by atoms with Crippen LogP contribution in [0.25, 0.3) is 0 Å². The maximum Gasteiger partial charge on any atom is 0.488 e. The average molecular weight is 180 g/mol. The van der Waals surface area contributed by atoms with Crippen molar-refractivity contribution in [1.82, 2.24) is 0 Å². The van der Waals surface area contributed by atoms with Gasteiger partial charge in [0.15, 0.2) is 0 Å². The van der Waals surface area contributed by atoms with E-state index in [1.165, 1.54) is 0 Å². The van der Waals surface area contributed by atoms with Gasteiger partial charge in [0, 0.05) is 0 Å². The average Bonchev–Trinajstić information content (AvgIpc) is 2.16. The van der Waals surface area contributed by atoms with Crippen LogP contribution in [0.2, 0.25) is 0 Å². The van der Waals surface area contributed by atoms with Crippen LogP contribution in [-0.2, 0) is 13.0 Å². The van der Waals surface area contributed by atoms with Crippen LogP contribution in [-0.4, -0.2) is 22.3 Å². The maximum absolute atomic E-state index is 8.94. The molecule has 0 atom stereocenters. The molecule has 0 unspecified atom stereocenters. The zero-order valence-corrected chi connectivity index (χ0v) is 7.57. The SMILES string of the molecule is CCc1cc(CO)cc(B(O)O)c1. The minimum atomic E-state index is -1.46. The van der Waals surface area contributed by atoms with Crippen molar-refractivity contribution in [2.24, 2.45) is 0 Å². The topological polar surface area (TPSA) is 60.7 Å². The second kappa shape index (κ2) is 4.41. The lowest BCUT2D eigenvalue weighted by molar-refractivity contribution is 0.282. The molecule has 1 rings (SSSR count). The van der Waals surface area contributed by atoms with Crippen molar-refractivity contribution < 1.29 is 15.2 Å². The number of aliphatic hydroxyl groups is 1. The smallest absolute Gasteiger partial charge is 0.423 e. The van der Waals surface area contributed by atoms with E-state index in [0.717, 1.165) is 12.0 Å². The van der Waals surface area contributed by atoms with Gasteiger partial charge in [0.25, 0.3) is 0 Å². The van der Waals surface area contributed by atoms with Crippen molar-refractivity contribution in [2.45, 2.75) is 20.0 Å². The van der Waals surface area contributed by atoms with Crippen molar-refractivity contribution in [3.8, 4) is 0 Å². The molecule has 4 heteroatoms. The molecule has 0 saturated heterocycles. The summed E-state index contributed by atoms with van der Waals surface area (Å²) in [4.78, 5) is 0. The van der Waals surface area contributed by atoms with Crippen LogP contribution in [0.4, 0.5) is 0 Å². The molecule has 0 radical (unpaired) electrons. The molecule has 0 heterocycles. The van der Waals surface area contributed by atoms with Crippen molar-refractivity contribution in [1.29, 1.82) is 0 Å². The molecule has 0 aromatic heterocycles. The first kappa shape index (κ1) is 10.2. The monoisotopic (exact) mass is 180 g/mol. The van der Waals surface area contributed by atoms with Gasteiger partial charge >= 0.3 is 7.12 Å². The van der Waals surface area contributed by atoms with Crippen LogP contribution in [0.3, 0.4) is 0 Å². The summed E-state index contributed by atoms with van der Waals surface area (Å²) in [6, 6.07) is 5.17. The summed E-state index contributed by atoms with van der Waals surface area (Å²) >= 11 is 0. The van der Waals surface area contributed by atoms with E-state index < -0.39 is 7.12 Å². The highest BCUT2D eigenvalue weighted by Crippen LogP contribution is 2.04. The Kier molecular flexibility index (Phi) is 3.48. The lowest BCUT2D eigenvalue weighted by Crippen LogP contribution is -2.30. The molecule has 3 nitrogen and oxygen atoms in total. The summed E-state index contributed by atoms with van der Waals surface area (Å²) in [5.74, 6) is 0. The standard InChI is InChI=1S/C9H13BO3/c1-2-7-3-8(6-11)5-9(4-7)10(12)13/h3-5,11-13H,2,6H2,1H3. The fourth-order valence-electron chi connectivity index (χ4n) is 1.24. The number of aryl methyl sites for hydroxylation is 1. The molecule has 0 spiro atoms. The first-order chi connectivity index (χ1) is 6.17. The van der Waals surface area contributed by atoms with Gasteiger partial charge in [-0.25, -0.2) is 0 Å². The van der Waals surface area contributed by atoms with Gasteiger partial charge in [0.1, 0.15) is 0 Å².